The molecular formula is C28H27F3N4O2S. The molecule has 0 unspecified atom stereocenters. The Balaban J connectivity index is 1.53. The lowest BCUT2D eigenvalue weighted by atomic mass is 9.84. The number of nitrogens with zero attached hydrogens (tertiary/aromatic N) is 4. The number of aromatic nitrogens is 2. The van der Waals surface area contributed by atoms with Crippen LogP contribution in [0.15, 0.2) is 72.9 Å². The summed E-state index contributed by atoms with van der Waals surface area (Å²) in [5.41, 5.74) is 1.70. The van der Waals surface area contributed by atoms with Gasteiger partial charge in [-0.15, -0.1) is 0 Å². The Bertz CT molecular complexity index is 1500. The SMILES string of the molecule is Cc1ccc(C(c2ccc(C)cc2)c2ccc3nncc(N4CCN(S(=O)(=O)C(F)(F)F)CC4)c3c2)cc1. The minimum absolute atomic E-state index is 0.0459. The first kappa shape index (κ1) is 26.1. The number of alkyl halides is 3. The molecule has 1 fully saturated rings. The van der Waals surface area contributed by atoms with Crippen LogP contribution in [0.5, 0.6) is 0 Å². The van der Waals surface area contributed by atoms with Crippen LogP contribution in [0.4, 0.5) is 18.9 Å². The Morgan fingerprint density at radius 2 is 1.32 bits per heavy atom. The maximum Gasteiger partial charge on any atom is 0.511 e. The molecule has 0 spiro atoms. The summed E-state index contributed by atoms with van der Waals surface area (Å²) >= 11 is 0. The van der Waals surface area contributed by atoms with Gasteiger partial charge in [0, 0.05) is 37.5 Å². The third-order valence-electron chi connectivity index (χ3n) is 7.01. The lowest BCUT2D eigenvalue weighted by molar-refractivity contribution is -0.0490. The van der Waals surface area contributed by atoms with E-state index in [1.54, 1.807) is 6.20 Å². The van der Waals surface area contributed by atoms with Crippen LogP contribution in [-0.2, 0) is 10.0 Å². The van der Waals surface area contributed by atoms with Crippen LogP contribution in [0.3, 0.4) is 0 Å². The van der Waals surface area contributed by atoms with E-state index < -0.39 is 15.5 Å². The second kappa shape index (κ2) is 9.99. The molecule has 0 N–H and O–H groups in total. The third kappa shape index (κ3) is 4.98. The first-order chi connectivity index (χ1) is 18.0. The van der Waals surface area contributed by atoms with Crippen LogP contribution in [0.2, 0.25) is 0 Å². The molecule has 0 atom stereocenters. The Morgan fingerprint density at radius 1 is 0.789 bits per heavy atom. The minimum atomic E-state index is -5.35. The van der Waals surface area contributed by atoms with Crippen molar-refractivity contribution in [3.63, 3.8) is 0 Å². The van der Waals surface area contributed by atoms with Crippen molar-refractivity contribution in [3.8, 4) is 0 Å². The van der Waals surface area contributed by atoms with E-state index in [9.17, 15) is 21.6 Å². The zero-order valence-electron chi connectivity index (χ0n) is 21.0. The van der Waals surface area contributed by atoms with Gasteiger partial charge in [-0.05, 0) is 42.7 Å². The number of aryl methyl sites for hydroxylation is 2. The molecular weight excluding hydrogens is 513 g/mol. The molecule has 2 heterocycles. The third-order valence-corrected chi connectivity index (χ3v) is 8.64. The summed E-state index contributed by atoms with van der Waals surface area (Å²) in [4.78, 5) is 1.87. The van der Waals surface area contributed by atoms with Gasteiger partial charge in [-0.3, -0.25) is 0 Å². The quantitative estimate of drug-likeness (QED) is 0.317. The van der Waals surface area contributed by atoms with Gasteiger partial charge in [0.1, 0.15) is 0 Å². The molecule has 3 aromatic carbocycles. The summed E-state index contributed by atoms with van der Waals surface area (Å²) in [7, 11) is -5.35. The number of rotatable bonds is 5. The predicted octanol–water partition coefficient (Wildman–Crippen LogP) is 5.40. The molecule has 6 nitrogen and oxygen atoms in total. The van der Waals surface area contributed by atoms with Crippen molar-refractivity contribution < 1.29 is 21.6 Å². The van der Waals surface area contributed by atoms with E-state index in [4.69, 9.17) is 0 Å². The van der Waals surface area contributed by atoms with Crippen molar-refractivity contribution in [1.82, 2.24) is 14.5 Å². The zero-order valence-corrected chi connectivity index (χ0v) is 21.8. The normalized spacial score (nSPS) is 15.4. The molecule has 1 saturated heterocycles. The van der Waals surface area contributed by atoms with Crippen LogP contribution >= 0.6 is 0 Å². The molecule has 10 heteroatoms. The van der Waals surface area contributed by atoms with E-state index in [0.717, 1.165) is 22.1 Å². The molecule has 1 aliphatic rings. The van der Waals surface area contributed by atoms with Gasteiger partial charge in [0.15, 0.2) is 0 Å². The number of anilines is 1. The number of sulfonamides is 1. The zero-order chi connectivity index (χ0) is 27.1. The molecule has 1 aromatic heterocycles. The minimum Gasteiger partial charge on any atom is -0.367 e. The lowest BCUT2D eigenvalue weighted by Gasteiger charge is -2.35. The van der Waals surface area contributed by atoms with Gasteiger partial charge in [0.25, 0.3) is 0 Å². The van der Waals surface area contributed by atoms with Gasteiger partial charge < -0.3 is 4.90 Å². The van der Waals surface area contributed by atoms with Crippen LogP contribution in [0, 0.1) is 13.8 Å². The largest absolute Gasteiger partial charge is 0.511 e. The Labute approximate surface area is 219 Å². The number of hydrogen-bond acceptors (Lipinski definition) is 5. The Hall–Kier alpha value is -3.50. The molecule has 38 heavy (non-hydrogen) atoms. The Kier molecular flexibility index (Phi) is 6.87. The predicted molar refractivity (Wildman–Crippen MR) is 142 cm³/mol. The highest BCUT2D eigenvalue weighted by atomic mass is 32.2. The monoisotopic (exact) mass is 540 g/mol. The van der Waals surface area contributed by atoms with Crippen molar-refractivity contribution >= 4 is 26.6 Å². The van der Waals surface area contributed by atoms with Crippen molar-refractivity contribution in [2.75, 3.05) is 31.1 Å². The van der Waals surface area contributed by atoms with Gasteiger partial charge in [0.05, 0.1) is 17.4 Å². The van der Waals surface area contributed by atoms with Crippen LogP contribution < -0.4 is 4.90 Å². The maximum absolute atomic E-state index is 13.0. The van der Waals surface area contributed by atoms with Crippen LogP contribution in [0.1, 0.15) is 33.7 Å². The number of hydrogen-bond donors (Lipinski definition) is 0. The van der Waals surface area contributed by atoms with E-state index in [2.05, 4.69) is 64.8 Å². The summed E-state index contributed by atoms with van der Waals surface area (Å²) in [5.74, 6) is -0.0459. The first-order valence-electron chi connectivity index (χ1n) is 12.2. The number of benzene rings is 3. The fourth-order valence-electron chi connectivity index (χ4n) is 4.90. The summed E-state index contributed by atoms with van der Waals surface area (Å²) < 4.78 is 63.3. The molecule has 0 amide bonds. The van der Waals surface area contributed by atoms with E-state index in [1.165, 1.54) is 11.1 Å². The van der Waals surface area contributed by atoms with Gasteiger partial charge in [-0.2, -0.15) is 27.7 Å². The molecule has 0 radical (unpaired) electrons. The molecule has 0 bridgehead atoms. The fourth-order valence-corrected chi connectivity index (χ4v) is 5.84. The molecule has 1 aliphatic heterocycles. The smallest absolute Gasteiger partial charge is 0.367 e. The molecule has 4 aromatic rings. The van der Waals surface area contributed by atoms with Crippen molar-refractivity contribution in [3.05, 3.63) is 101 Å². The van der Waals surface area contributed by atoms with Gasteiger partial charge in [-0.25, -0.2) is 8.42 Å². The second-order valence-corrected chi connectivity index (χ2v) is 11.5. The van der Waals surface area contributed by atoms with Crippen molar-refractivity contribution in [1.29, 1.82) is 0 Å². The molecule has 0 saturated carbocycles. The second-order valence-electron chi connectivity index (χ2n) is 9.60. The topological polar surface area (TPSA) is 66.4 Å². The Morgan fingerprint density at radius 3 is 1.84 bits per heavy atom. The summed E-state index contributed by atoms with van der Waals surface area (Å²) in [5, 5.41) is 9.18. The average molecular weight is 541 g/mol. The van der Waals surface area contributed by atoms with E-state index in [0.29, 0.717) is 15.5 Å². The highest BCUT2D eigenvalue weighted by Crippen LogP contribution is 2.36. The van der Waals surface area contributed by atoms with E-state index >= 15 is 0 Å². The van der Waals surface area contributed by atoms with Gasteiger partial charge in [0.2, 0.25) is 0 Å². The van der Waals surface area contributed by atoms with Crippen molar-refractivity contribution in [2.45, 2.75) is 25.3 Å². The standard InChI is InChI=1S/C28H27F3N4O2S/c1-19-3-7-21(8-4-19)27(22-9-5-20(2)6-10-22)23-11-12-25-24(17-23)26(18-32-33-25)34-13-15-35(16-14-34)38(36,37)28(29,30)31/h3-12,17-18,27H,13-16H2,1-2H3. The van der Waals surface area contributed by atoms with Crippen LogP contribution in [0.25, 0.3) is 10.9 Å². The summed E-state index contributed by atoms with van der Waals surface area (Å²) in [6, 6.07) is 22.8. The summed E-state index contributed by atoms with van der Waals surface area (Å²) in [6.07, 6.45) is 1.59. The number of piperazine rings is 1. The fraction of sp³-hybridized carbons (Fsp3) is 0.286. The van der Waals surface area contributed by atoms with E-state index in [-0.39, 0.29) is 32.1 Å². The summed E-state index contributed by atoms with van der Waals surface area (Å²) in [6.45, 7) is 3.79. The first-order valence-corrected chi connectivity index (χ1v) is 13.7. The molecule has 0 aliphatic carbocycles. The van der Waals surface area contributed by atoms with Crippen molar-refractivity contribution in [2.24, 2.45) is 0 Å². The average Bonchev–Trinajstić information content (AvgIpc) is 2.90. The maximum atomic E-state index is 13.0. The lowest BCUT2D eigenvalue weighted by Crippen LogP contribution is -2.52. The van der Waals surface area contributed by atoms with Gasteiger partial charge >= 0.3 is 15.5 Å². The number of fused-ring (bicyclic) bond motifs is 1. The molecule has 198 valence electrons. The van der Waals surface area contributed by atoms with Crippen LogP contribution in [-0.4, -0.2) is 54.6 Å². The van der Waals surface area contributed by atoms with E-state index in [1.807, 2.05) is 30.9 Å². The highest BCUT2D eigenvalue weighted by Gasteiger charge is 2.50. The number of halogens is 3. The highest BCUT2D eigenvalue weighted by molar-refractivity contribution is 7.90. The van der Waals surface area contributed by atoms with Gasteiger partial charge in [-0.1, -0.05) is 65.7 Å². The molecule has 5 rings (SSSR count).